The van der Waals surface area contributed by atoms with Crippen molar-refractivity contribution in [1.82, 2.24) is 4.90 Å². The summed E-state index contributed by atoms with van der Waals surface area (Å²) in [4.78, 5) is 35.3. The quantitative estimate of drug-likeness (QED) is 0.796. The van der Waals surface area contributed by atoms with E-state index in [0.717, 1.165) is 4.90 Å². The van der Waals surface area contributed by atoms with Gasteiger partial charge in [-0.1, -0.05) is 0 Å². The Balaban J connectivity index is 2.29. The van der Waals surface area contributed by atoms with Crippen molar-refractivity contribution in [1.29, 1.82) is 0 Å². The number of nitrogens with zero attached hydrogens (tertiary/aromatic N) is 1. The zero-order valence-corrected chi connectivity index (χ0v) is 9.67. The number of carboxylic acid groups (broad SMARTS) is 1. The van der Waals surface area contributed by atoms with Gasteiger partial charge in [0.1, 0.15) is 5.75 Å². The van der Waals surface area contributed by atoms with Gasteiger partial charge in [0, 0.05) is 6.54 Å². The topological polar surface area (TPSA) is 83.9 Å². The number of amides is 2. The summed E-state index contributed by atoms with van der Waals surface area (Å²) in [5.41, 5.74) is 0.538. The van der Waals surface area contributed by atoms with E-state index < -0.39 is 17.8 Å². The van der Waals surface area contributed by atoms with Crippen molar-refractivity contribution in [3.63, 3.8) is 0 Å². The maximum absolute atomic E-state index is 11.9. The highest BCUT2D eigenvalue weighted by atomic mass is 16.5. The number of imide groups is 1. The molecule has 18 heavy (non-hydrogen) atoms. The smallest absolute Gasteiger partial charge is 0.305 e. The maximum atomic E-state index is 11.9. The Hall–Kier alpha value is -2.37. The summed E-state index contributed by atoms with van der Waals surface area (Å²) in [6.07, 6.45) is -0.261. The van der Waals surface area contributed by atoms with Crippen LogP contribution in [0.5, 0.6) is 5.75 Å². The average molecular weight is 249 g/mol. The van der Waals surface area contributed by atoms with Gasteiger partial charge in [0.15, 0.2) is 0 Å². The lowest BCUT2D eigenvalue weighted by atomic mass is 10.1. The fourth-order valence-electron chi connectivity index (χ4n) is 1.81. The summed E-state index contributed by atoms with van der Waals surface area (Å²) in [5.74, 6) is -1.51. The van der Waals surface area contributed by atoms with Crippen LogP contribution in [-0.2, 0) is 4.79 Å². The van der Waals surface area contributed by atoms with Crippen LogP contribution in [0.1, 0.15) is 27.1 Å². The second-order valence-corrected chi connectivity index (χ2v) is 3.82. The van der Waals surface area contributed by atoms with Gasteiger partial charge in [-0.3, -0.25) is 19.3 Å². The van der Waals surface area contributed by atoms with Crippen LogP contribution in [0.25, 0.3) is 0 Å². The van der Waals surface area contributed by atoms with Crippen LogP contribution < -0.4 is 4.74 Å². The molecule has 94 valence electrons. The summed E-state index contributed by atoms with van der Waals surface area (Å²) >= 11 is 0. The highest BCUT2D eigenvalue weighted by Gasteiger charge is 2.35. The lowest BCUT2D eigenvalue weighted by Gasteiger charge is -2.11. The average Bonchev–Trinajstić information content (AvgIpc) is 2.59. The Morgan fingerprint density at radius 2 is 1.94 bits per heavy atom. The Labute approximate surface area is 103 Å². The fourth-order valence-corrected chi connectivity index (χ4v) is 1.81. The van der Waals surface area contributed by atoms with E-state index in [0.29, 0.717) is 5.75 Å². The summed E-state index contributed by atoms with van der Waals surface area (Å²) < 4.78 is 4.98. The first-order valence-corrected chi connectivity index (χ1v) is 5.30. The van der Waals surface area contributed by atoms with E-state index in [1.807, 2.05) is 0 Å². The van der Waals surface area contributed by atoms with Gasteiger partial charge in [-0.25, -0.2) is 0 Å². The van der Waals surface area contributed by atoms with Crippen LogP contribution in [0.15, 0.2) is 18.2 Å². The van der Waals surface area contributed by atoms with Gasteiger partial charge in [-0.05, 0) is 18.2 Å². The van der Waals surface area contributed by atoms with Crippen LogP contribution in [0.3, 0.4) is 0 Å². The molecular weight excluding hydrogens is 238 g/mol. The number of carboxylic acids is 1. The lowest BCUT2D eigenvalue weighted by Crippen LogP contribution is -2.31. The number of hydrogen-bond acceptors (Lipinski definition) is 4. The van der Waals surface area contributed by atoms with Crippen molar-refractivity contribution in [2.24, 2.45) is 0 Å². The minimum Gasteiger partial charge on any atom is -0.497 e. The summed E-state index contributed by atoms with van der Waals surface area (Å²) in [6, 6.07) is 4.58. The summed E-state index contributed by atoms with van der Waals surface area (Å²) in [5, 5.41) is 8.58. The molecule has 0 fully saturated rings. The van der Waals surface area contributed by atoms with Crippen LogP contribution in [0.2, 0.25) is 0 Å². The molecule has 1 aliphatic heterocycles. The van der Waals surface area contributed by atoms with E-state index in [-0.39, 0.29) is 24.1 Å². The van der Waals surface area contributed by atoms with Crippen molar-refractivity contribution in [2.75, 3.05) is 13.7 Å². The van der Waals surface area contributed by atoms with Gasteiger partial charge in [0.2, 0.25) is 0 Å². The first-order chi connectivity index (χ1) is 8.54. The van der Waals surface area contributed by atoms with Gasteiger partial charge in [0.25, 0.3) is 11.8 Å². The van der Waals surface area contributed by atoms with Crippen molar-refractivity contribution < 1.29 is 24.2 Å². The molecule has 0 aromatic heterocycles. The van der Waals surface area contributed by atoms with E-state index in [4.69, 9.17) is 9.84 Å². The van der Waals surface area contributed by atoms with Crippen LogP contribution >= 0.6 is 0 Å². The van der Waals surface area contributed by atoms with Gasteiger partial charge in [-0.15, -0.1) is 0 Å². The standard InChI is InChI=1S/C12H11NO5/c1-18-7-2-3-8-9(6-7)12(17)13(11(8)16)5-4-10(14)15/h2-3,6H,4-5H2,1H3,(H,14,15). The number of carbonyl (C=O) groups excluding carboxylic acids is 2. The number of methoxy groups -OCH3 is 1. The van der Waals surface area contributed by atoms with E-state index in [2.05, 4.69) is 0 Å². The molecule has 0 bridgehead atoms. The third kappa shape index (κ3) is 1.92. The molecule has 1 N–H and O–H groups in total. The highest BCUT2D eigenvalue weighted by molar-refractivity contribution is 6.21. The molecule has 0 aliphatic carbocycles. The predicted octanol–water partition coefficient (Wildman–Crippen LogP) is 0.766. The molecule has 1 aromatic carbocycles. The lowest BCUT2D eigenvalue weighted by molar-refractivity contribution is -0.137. The molecule has 6 heteroatoms. The number of fused-ring (bicyclic) bond motifs is 1. The van der Waals surface area contributed by atoms with E-state index in [1.165, 1.54) is 19.2 Å². The largest absolute Gasteiger partial charge is 0.497 e. The molecule has 0 spiro atoms. The van der Waals surface area contributed by atoms with Gasteiger partial charge in [-0.2, -0.15) is 0 Å². The fraction of sp³-hybridized carbons (Fsp3) is 0.250. The molecule has 0 saturated carbocycles. The maximum Gasteiger partial charge on any atom is 0.305 e. The second kappa shape index (κ2) is 4.48. The van der Waals surface area contributed by atoms with Gasteiger partial charge in [0.05, 0.1) is 24.7 Å². The Morgan fingerprint density at radius 3 is 2.56 bits per heavy atom. The summed E-state index contributed by atoms with van der Waals surface area (Å²) in [7, 11) is 1.46. The normalized spacial score (nSPS) is 13.7. The van der Waals surface area contributed by atoms with E-state index >= 15 is 0 Å². The number of benzene rings is 1. The molecule has 1 heterocycles. The molecule has 0 atom stereocenters. The number of hydrogen-bond donors (Lipinski definition) is 1. The predicted molar refractivity (Wildman–Crippen MR) is 60.6 cm³/mol. The van der Waals surface area contributed by atoms with Crippen LogP contribution in [0, 0.1) is 0 Å². The van der Waals surface area contributed by atoms with E-state index in [1.54, 1.807) is 6.07 Å². The van der Waals surface area contributed by atoms with Gasteiger partial charge < -0.3 is 9.84 Å². The zero-order valence-electron chi connectivity index (χ0n) is 9.67. The highest BCUT2D eigenvalue weighted by Crippen LogP contribution is 2.26. The number of rotatable bonds is 4. The Morgan fingerprint density at radius 1 is 1.28 bits per heavy atom. The van der Waals surface area contributed by atoms with Crippen molar-refractivity contribution in [3.8, 4) is 5.75 Å². The first kappa shape index (κ1) is 12.1. The minimum absolute atomic E-state index is 0.121. The number of aliphatic carboxylic acids is 1. The van der Waals surface area contributed by atoms with Gasteiger partial charge >= 0.3 is 5.97 Å². The monoisotopic (exact) mass is 249 g/mol. The van der Waals surface area contributed by atoms with Crippen molar-refractivity contribution in [2.45, 2.75) is 6.42 Å². The minimum atomic E-state index is -1.05. The molecule has 0 radical (unpaired) electrons. The second-order valence-electron chi connectivity index (χ2n) is 3.82. The molecule has 0 unspecified atom stereocenters. The molecule has 1 aromatic rings. The van der Waals surface area contributed by atoms with Crippen LogP contribution in [0.4, 0.5) is 0 Å². The third-order valence-electron chi connectivity index (χ3n) is 2.73. The molecule has 2 rings (SSSR count). The zero-order chi connectivity index (χ0) is 13.3. The molecule has 2 amide bonds. The molecule has 0 saturated heterocycles. The number of carbonyl (C=O) groups is 3. The molecular formula is C12H11NO5. The Bertz CT molecular complexity index is 537. The Kier molecular flexibility index (Phi) is 3.01. The SMILES string of the molecule is COc1ccc2c(c1)C(=O)N(CCC(=O)O)C2=O. The van der Waals surface area contributed by atoms with E-state index in [9.17, 15) is 14.4 Å². The van der Waals surface area contributed by atoms with Crippen molar-refractivity contribution in [3.05, 3.63) is 29.3 Å². The van der Waals surface area contributed by atoms with Crippen molar-refractivity contribution >= 4 is 17.8 Å². The first-order valence-electron chi connectivity index (χ1n) is 5.30. The molecule has 1 aliphatic rings. The van der Waals surface area contributed by atoms with Crippen LogP contribution in [-0.4, -0.2) is 41.4 Å². The number of ether oxygens (including phenoxy) is 1. The summed E-state index contributed by atoms with van der Waals surface area (Å²) in [6.45, 7) is -0.121. The third-order valence-corrected chi connectivity index (χ3v) is 2.73. The molecule has 6 nitrogen and oxygen atoms in total.